The third kappa shape index (κ3) is 5.58. The van der Waals surface area contributed by atoms with E-state index in [0.717, 1.165) is 45.0 Å². The van der Waals surface area contributed by atoms with Crippen molar-refractivity contribution in [3.8, 4) is 11.3 Å². The largest absolute Gasteiger partial charge is 0.416 e. The first kappa shape index (κ1) is 26.2. The highest BCUT2D eigenvalue weighted by molar-refractivity contribution is 5.92. The zero-order chi connectivity index (χ0) is 27.7. The molecule has 2 aliphatic carbocycles. The molecule has 0 atom stereocenters. The van der Waals surface area contributed by atoms with Gasteiger partial charge in [0, 0.05) is 17.7 Å². The highest BCUT2D eigenvalue weighted by atomic mass is 19.4. The number of primary amides is 1. The maximum Gasteiger partial charge on any atom is 0.416 e. The van der Waals surface area contributed by atoms with Crippen LogP contribution in [0.5, 0.6) is 0 Å². The molecule has 0 aliphatic heterocycles. The van der Waals surface area contributed by atoms with Crippen molar-refractivity contribution in [1.82, 2.24) is 9.55 Å². The number of alkyl halides is 3. The predicted octanol–water partition coefficient (Wildman–Crippen LogP) is 5.66. The molecule has 198 valence electrons. The topological polar surface area (TPSA) is 60.9 Å². The second-order valence-corrected chi connectivity index (χ2v) is 9.89. The summed E-state index contributed by atoms with van der Waals surface area (Å²) in [5.41, 5.74) is 11.8. The number of carbonyl (C=O) groups is 1. The summed E-state index contributed by atoms with van der Waals surface area (Å²) in [5.74, 6) is -0.522. The molecule has 1 heterocycles. The number of hydrogen-bond donors (Lipinski definition) is 1. The van der Waals surface area contributed by atoms with Crippen molar-refractivity contribution in [3.05, 3.63) is 124 Å². The number of nitrogens with zero attached hydrogens (tertiary/aromatic N) is 2. The molecule has 0 fully saturated rings. The second kappa shape index (κ2) is 10.4. The Labute approximate surface area is 224 Å². The summed E-state index contributed by atoms with van der Waals surface area (Å²) < 4.78 is 43.0. The van der Waals surface area contributed by atoms with Crippen molar-refractivity contribution in [2.45, 2.75) is 39.4 Å². The third-order valence-electron chi connectivity index (χ3n) is 6.95. The van der Waals surface area contributed by atoms with E-state index in [2.05, 4.69) is 12.2 Å². The maximum atomic E-state index is 13.7. The molecule has 2 aromatic carbocycles. The minimum atomic E-state index is -4.46. The van der Waals surface area contributed by atoms with Crippen LogP contribution in [0.3, 0.4) is 0 Å². The van der Waals surface area contributed by atoms with Crippen LogP contribution in [-0.4, -0.2) is 21.6 Å². The lowest BCUT2D eigenvalue weighted by molar-refractivity contribution is -0.0882. The summed E-state index contributed by atoms with van der Waals surface area (Å²) in [7, 11) is 0. The number of aromatic nitrogens is 2. The summed E-state index contributed by atoms with van der Waals surface area (Å²) in [5, 5.41) is 0.858. The molecule has 0 radical (unpaired) electrons. The van der Waals surface area contributed by atoms with Gasteiger partial charge in [0.1, 0.15) is 5.48 Å². The van der Waals surface area contributed by atoms with E-state index in [1.807, 2.05) is 60.9 Å². The number of halogens is 3. The van der Waals surface area contributed by atoms with Crippen molar-refractivity contribution < 1.29 is 18.0 Å². The second-order valence-electron chi connectivity index (χ2n) is 9.89. The van der Waals surface area contributed by atoms with Crippen LogP contribution in [0, 0.1) is 6.92 Å². The Morgan fingerprint density at radius 3 is 2.28 bits per heavy atom. The van der Waals surface area contributed by atoms with Crippen molar-refractivity contribution >= 4 is 17.1 Å². The molecule has 2 aliphatic rings. The van der Waals surface area contributed by atoms with Gasteiger partial charge in [-0.3, -0.25) is 4.79 Å². The van der Waals surface area contributed by atoms with Gasteiger partial charge in [-0.25, -0.2) is 4.98 Å². The van der Waals surface area contributed by atoms with Crippen LogP contribution in [0.2, 0.25) is 0 Å². The lowest BCUT2D eigenvalue weighted by Crippen LogP contribution is -2.32. The van der Waals surface area contributed by atoms with Crippen molar-refractivity contribution in [2.75, 3.05) is 0 Å². The van der Waals surface area contributed by atoms with E-state index < -0.39 is 17.7 Å². The molecular weight excluding hydrogens is 499 g/mol. The normalized spacial score (nSPS) is 18.2. The Balaban J connectivity index is 1.83. The fourth-order valence-electron chi connectivity index (χ4n) is 4.80. The van der Waals surface area contributed by atoms with Gasteiger partial charge in [-0.1, -0.05) is 77.9 Å². The molecule has 3 aromatic rings. The van der Waals surface area contributed by atoms with Crippen LogP contribution in [0.1, 0.15) is 41.3 Å². The Morgan fingerprint density at radius 1 is 0.949 bits per heavy atom. The smallest absolute Gasteiger partial charge is 0.366 e. The van der Waals surface area contributed by atoms with E-state index in [-0.39, 0.29) is 0 Å². The van der Waals surface area contributed by atoms with E-state index >= 15 is 0 Å². The SMILES string of the molecule is CC1=CCC(=c2c(-c3ccc(C)cc3)nc(=C3C=C(C(F)(F)F)C=CC3)n2Cc2ccc(C(N)=O)cc2)C=C1. The average Bonchev–Trinajstić information content (AvgIpc) is 3.28. The molecule has 0 unspecified atom stereocenters. The highest BCUT2D eigenvalue weighted by Crippen LogP contribution is 2.31. The zero-order valence-electron chi connectivity index (χ0n) is 21.7. The summed E-state index contributed by atoms with van der Waals surface area (Å²) in [6.07, 6.45) is 6.61. The summed E-state index contributed by atoms with van der Waals surface area (Å²) in [6.45, 7) is 4.39. The van der Waals surface area contributed by atoms with E-state index in [9.17, 15) is 18.0 Å². The summed E-state index contributed by atoms with van der Waals surface area (Å²) in [4.78, 5) is 16.6. The lowest BCUT2D eigenvalue weighted by Gasteiger charge is -2.14. The first-order valence-corrected chi connectivity index (χ1v) is 12.7. The number of nitrogens with two attached hydrogens (primary N) is 1. The van der Waals surface area contributed by atoms with Crippen LogP contribution < -0.4 is 16.6 Å². The Morgan fingerprint density at radius 2 is 1.67 bits per heavy atom. The van der Waals surface area contributed by atoms with Gasteiger partial charge in [-0.15, -0.1) is 0 Å². The Kier molecular flexibility index (Phi) is 7.00. The van der Waals surface area contributed by atoms with E-state index in [4.69, 9.17) is 10.7 Å². The Bertz CT molecular complexity index is 1680. The molecule has 0 spiro atoms. The summed E-state index contributed by atoms with van der Waals surface area (Å²) in [6, 6.07) is 14.9. The molecule has 0 saturated heterocycles. The molecule has 1 amide bonds. The molecule has 5 rings (SSSR count). The third-order valence-corrected chi connectivity index (χ3v) is 6.95. The molecule has 2 N–H and O–H groups in total. The number of benzene rings is 2. The minimum absolute atomic E-state index is 0.328. The fourth-order valence-corrected chi connectivity index (χ4v) is 4.80. The molecule has 7 heteroatoms. The minimum Gasteiger partial charge on any atom is -0.366 e. The standard InChI is InChI=1S/C32H28F3N3O/c1-20-6-12-23(13-7-20)28-29(24-14-8-21(2)9-15-24)38(19-22-10-16-25(17-11-22)30(36)39)31(37-28)26-4-3-5-27(18-26)32(33,34)35/h3,5-14,16-18H,4,15,19H2,1-2H3,(H2,36,39). The van der Waals surface area contributed by atoms with Crippen LogP contribution in [0.4, 0.5) is 13.2 Å². The van der Waals surface area contributed by atoms with Gasteiger partial charge in [0.05, 0.1) is 16.6 Å². The van der Waals surface area contributed by atoms with Crippen LogP contribution in [-0.2, 0) is 6.54 Å². The van der Waals surface area contributed by atoms with E-state index in [0.29, 0.717) is 36.0 Å². The number of amides is 1. The quantitative estimate of drug-likeness (QED) is 0.476. The fraction of sp³-hybridized carbons (Fsp3) is 0.188. The number of imidazole rings is 1. The first-order chi connectivity index (χ1) is 18.6. The zero-order valence-corrected chi connectivity index (χ0v) is 21.7. The van der Waals surface area contributed by atoms with Gasteiger partial charge in [0.15, 0.2) is 0 Å². The predicted molar refractivity (Wildman–Crippen MR) is 148 cm³/mol. The molecule has 1 aromatic heterocycles. The van der Waals surface area contributed by atoms with Crippen molar-refractivity contribution in [1.29, 1.82) is 0 Å². The highest BCUT2D eigenvalue weighted by Gasteiger charge is 2.33. The molecule has 0 bridgehead atoms. The van der Waals surface area contributed by atoms with Crippen LogP contribution in [0.25, 0.3) is 22.4 Å². The van der Waals surface area contributed by atoms with Gasteiger partial charge in [0.2, 0.25) is 5.91 Å². The van der Waals surface area contributed by atoms with Gasteiger partial charge >= 0.3 is 6.18 Å². The van der Waals surface area contributed by atoms with Crippen LogP contribution >= 0.6 is 0 Å². The number of hydrogen-bond acceptors (Lipinski definition) is 2. The van der Waals surface area contributed by atoms with Gasteiger partial charge in [0.25, 0.3) is 0 Å². The summed E-state index contributed by atoms with van der Waals surface area (Å²) >= 11 is 0. The lowest BCUT2D eigenvalue weighted by atomic mass is 10.0. The monoisotopic (exact) mass is 527 g/mol. The molecule has 39 heavy (non-hydrogen) atoms. The maximum absolute atomic E-state index is 13.7. The van der Waals surface area contributed by atoms with Gasteiger partial charge < -0.3 is 10.3 Å². The van der Waals surface area contributed by atoms with Gasteiger partial charge in [-0.2, -0.15) is 13.2 Å². The molecule has 4 nitrogen and oxygen atoms in total. The molecule has 0 saturated carbocycles. The number of aryl methyl sites for hydroxylation is 1. The van der Waals surface area contributed by atoms with Crippen molar-refractivity contribution in [3.63, 3.8) is 0 Å². The van der Waals surface area contributed by atoms with Crippen molar-refractivity contribution in [2.24, 2.45) is 5.73 Å². The average molecular weight is 528 g/mol. The van der Waals surface area contributed by atoms with Gasteiger partial charge in [-0.05, 0) is 61.6 Å². The first-order valence-electron chi connectivity index (χ1n) is 12.7. The molecular formula is C32H28F3N3O. The van der Waals surface area contributed by atoms with E-state index in [1.54, 1.807) is 12.1 Å². The number of allylic oxidation sites excluding steroid dienone is 8. The Hall–Kier alpha value is -4.39. The van der Waals surface area contributed by atoms with Crippen LogP contribution in [0.15, 0.2) is 96.1 Å². The number of carbonyl (C=O) groups excluding carboxylic acids is 1. The van der Waals surface area contributed by atoms with E-state index in [1.165, 1.54) is 12.2 Å². The number of rotatable bonds is 4.